The molecule has 0 aromatic heterocycles. The molecule has 2 aromatic rings. The molecule has 1 fully saturated rings. The van der Waals surface area contributed by atoms with Gasteiger partial charge in [0.2, 0.25) is 0 Å². The van der Waals surface area contributed by atoms with Crippen LogP contribution in [0.4, 0.5) is 10.1 Å². The van der Waals surface area contributed by atoms with E-state index in [4.69, 9.17) is 0 Å². The minimum absolute atomic E-state index is 0.0711. The number of anilines is 1. The van der Waals surface area contributed by atoms with Crippen molar-refractivity contribution in [2.75, 3.05) is 18.0 Å². The van der Waals surface area contributed by atoms with E-state index in [1.807, 2.05) is 18.2 Å². The summed E-state index contributed by atoms with van der Waals surface area (Å²) in [6, 6.07) is 11.5. The van der Waals surface area contributed by atoms with Gasteiger partial charge in [0, 0.05) is 34.4 Å². The van der Waals surface area contributed by atoms with Gasteiger partial charge in [0.25, 0.3) is 0 Å². The number of carbonyl (C=O) groups is 1. The molecule has 0 radical (unpaired) electrons. The Balaban J connectivity index is 2.01. The molecule has 0 bridgehead atoms. The molecule has 0 aliphatic carbocycles. The average molecular weight is 348 g/mol. The molecule has 3 rings (SSSR count). The van der Waals surface area contributed by atoms with Gasteiger partial charge in [-0.25, -0.2) is 4.39 Å². The van der Waals surface area contributed by atoms with Crippen LogP contribution in [0.2, 0.25) is 0 Å². The van der Waals surface area contributed by atoms with E-state index < -0.39 is 0 Å². The Labute approximate surface area is 131 Å². The van der Waals surface area contributed by atoms with Crippen molar-refractivity contribution in [3.63, 3.8) is 0 Å². The second-order valence-electron chi connectivity index (χ2n) is 5.19. The standard InChI is InChI=1S/C17H15BrFNO/c18-13-5-8-16(20-9-1-2-10-20)15(11-13)17(21)12-3-6-14(19)7-4-12/h3-8,11H,1-2,9-10H2. The first-order valence-electron chi connectivity index (χ1n) is 7.00. The lowest BCUT2D eigenvalue weighted by atomic mass is 10.0. The fraction of sp³-hybridized carbons (Fsp3) is 0.235. The highest BCUT2D eigenvalue weighted by Gasteiger charge is 2.20. The van der Waals surface area contributed by atoms with Gasteiger partial charge < -0.3 is 4.90 Å². The third-order valence-electron chi connectivity index (χ3n) is 3.76. The lowest BCUT2D eigenvalue weighted by Gasteiger charge is -2.21. The molecular weight excluding hydrogens is 333 g/mol. The average Bonchev–Trinajstić information content (AvgIpc) is 3.01. The number of benzene rings is 2. The van der Waals surface area contributed by atoms with Crippen molar-refractivity contribution in [2.45, 2.75) is 12.8 Å². The van der Waals surface area contributed by atoms with E-state index in [1.165, 1.54) is 24.3 Å². The number of nitrogens with zero attached hydrogens (tertiary/aromatic N) is 1. The van der Waals surface area contributed by atoms with Crippen LogP contribution in [0.3, 0.4) is 0 Å². The zero-order valence-electron chi connectivity index (χ0n) is 11.5. The lowest BCUT2D eigenvalue weighted by molar-refractivity contribution is 0.103. The fourth-order valence-electron chi connectivity index (χ4n) is 2.68. The monoisotopic (exact) mass is 347 g/mol. The van der Waals surface area contributed by atoms with E-state index >= 15 is 0 Å². The molecular formula is C17H15BrFNO. The van der Waals surface area contributed by atoms with E-state index in [2.05, 4.69) is 20.8 Å². The van der Waals surface area contributed by atoms with Gasteiger partial charge in [0.05, 0.1) is 0 Å². The van der Waals surface area contributed by atoms with E-state index in [0.717, 1.165) is 36.1 Å². The van der Waals surface area contributed by atoms with Gasteiger partial charge in [0.1, 0.15) is 5.82 Å². The summed E-state index contributed by atoms with van der Waals surface area (Å²) in [7, 11) is 0. The maximum absolute atomic E-state index is 13.0. The summed E-state index contributed by atoms with van der Waals surface area (Å²) in [5, 5.41) is 0. The number of halogens is 2. The van der Waals surface area contributed by atoms with Crippen LogP contribution in [0, 0.1) is 5.82 Å². The summed E-state index contributed by atoms with van der Waals surface area (Å²) in [4.78, 5) is 15.0. The zero-order valence-corrected chi connectivity index (χ0v) is 13.1. The number of ketones is 1. The number of hydrogen-bond donors (Lipinski definition) is 0. The highest BCUT2D eigenvalue weighted by molar-refractivity contribution is 9.10. The summed E-state index contributed by atoms with van der Waals surface area (Å²) < 4.78 is 13.9. The Morgan fingerprint density at radius 2 is 1.71 bits per heavy atom. The van der Waals surface area contributed by atoms with E-state index in [9.17, 15) is 9.18 Å². The second kappa shape index (κ2) is 5.98. The summed E-state index contributed by atoms with van der Waals surface area (Å²) in [5.41, 5.74) is 2.14. The SMILES string of the molecule is O=C(c1ccc(F)cc1)c1cc(Br)ccc1N1CCCC1. The van der Waals surface area contributed by atoms with Gasteiger partial charge in [-0.2, -0.15) is 0 Å². The maximum Gasteiger partial charge on any atom is 0.195 e. The second-order valence-corrected chi connectivity index (χ2v) is 6.11. The van der Waals surface area contributed by atoms with Crippen molar-refractivity contribution in [1.82, 2.24) is 0 Å². The Kier molecular flexibility index (Phi) is 4.06. The van der Waals surface area contributed by atoms with Crippen molar-refractivity contribution >= 4 is 27.4 Å². The van der Waals surface area contributed by atoms with Gasteiger partial charge in [0.15, 0.2) is 5.78 Å². The highest BCUT2D eigenvalue weighted by atomic mass is 79.9. The molecule has 0 amide bonds. The van der Waals surface area contributed by atoms with Crippen LogP contribution >= 0.6 is 15.9 Å². The predicted molar refractivity (Wildman–Crippen MR) is 85.4 cm³/mol. The Morgan fingerprint density at radius 1 is 1.05 bits per heavy atom. The van der Waals surface area contributed by atoms with E-state index in [-0.39, 0.29) is 11.6 Å². The molecule has 4 heteroatoms. The van der Waals surface area contributed by atoms with Gasteiger partial charge in [-0.1, -0.05) is 15.9 Å². The van der Waals surface area contributed by atoms with Crippen LogP contribution in [0.15, 0.2) is 46.9 Å². The quantitative estimate of drug-likeness (QED) is 0.766. The lowest BCUT2D eigenvalue weighted by Crippen LogP contribution is -2.20. The molecule has 21 heavy (non-hydrogen) atoms. The maximum atomic E-state index is 13.0. The minimum Gasteiger partial charge on any atom is -0.371 e. The normalized spacial score (nSPS) is 14.5. The topological polar surface area (TPSA) is 20.3 Å². The largest absolute Gasteiger partial charge is 0.371 e. The van der Waals surface area contributed by atoms with Crippen LogP contribution < -0.4 is 4.90 Å². The van der Waals surface area contributed by atoms with Gasteiger partial charge in [-0.3, -0.25) is 4.79 Å². The van der Waals surface area contributed by atoms with Crippen molar-refractivity contribution in [3.05, 3.63) is 63.9 Å². The molecule has 0 saturated carbocycles. The molecule has 0 spiro atoms. The molecule has 108 valence electrons. The predicted octanol–water partition coefficient (Wildman–Crippen LogP) is 4.42. The minimum atomic E-state index is -0.333. The molecule has 1 saturated heterocycles. The zero-order chi connectivity index (χ0) is 14.8. The number of carbonyl (C=O) groups excluding carboxylic acids is 1. The molecule has 2 aromatic carbocycles. The third kappa shape index (κ3) is 3.00. The summed E-state index contributed by atoms with van der Waals surface area (Å²) in [6.45, 7) is 1.96. The van der Waals surface area contributed by atoms with Gasteiger partial charge >= 0.3 is 0 Å². The summed E-state index contributed by atoms with van der Waals surface area (Å²) in [5.74, 6) is -0.404. The molecule has 0 atom stereocenters. The number of hydrogen-bond acceptors (Lipinski definition) is 2. The first kappa shape index (κ1) is 14.3. The van der Waals surface area contributed by atoms with Crippen molar-refractivity contribution in [2.24, 2.45) is 0 Å². The summed E-state index contributed by atoms with van der Waals surface area (Å²) in [6.07, 6.45) is 2.31. The van der Waals surface area contributed by atoms with Crippen molar-refractivity contribution in [3.8, 4) is 0 Å². The first-order chi connectivity index (χ1) is 10.1. The highest BCUT2D eigenvalue weighted by Crippen LogP contribution is 2.29. The van der Waals surface area contributed by atoms with Crippen LogP contribution in [0.1, 0.15) is 28.8 Å². The van der Waals surface area contributed by atoms with Crippen molar-refractivity contribution < 1.29 is 9.18 Å². The molecule has 1 heterocycles. The van der Waals surface area contributed by atoms with Crippen molar-refractivity contribution in [1.29, 1.82) is 0 Å². The Morgan fingerprint density at radius 3 is 2.38 bits per heavy atom. The van der Waals surface area contributed by atoms with Gasteiger partial charge in [-0.15, -0.1) is 0 Å². The molecule has 0 N–H and O–H groups in total. The van der Waals surface area contributed by atoms with E-state index in [0.29, 0.717) is 11.1 Å². The summed E-state index contributed by atoms with van der Waals surface area (Å²) >= 11 is 3.43. The molecule has 0 unspecified atom stereocenters. The smallest absolute Gasteiger partial charge is 0.195 e. The first-order valence-corrected chi connectivity index (χ1v) is 7.79. The Bertz CT molecular complexity index is 663. The third-order valence-corrected chi connectivity index (χ3v) is 4.25. The molecule has 2 nitrogen and oxygen atoms in total. The molecule has 1 aliphatic rings. The van der Waals surface area contributed by atoms with Gasteiger partial charge in [-0.05, 0) is 55.3 Å². The van der Waals surface area contributed by atoms with Crippen LogP contribution in [-0.2, 0) is 0 Å². The Hall–Kier alpha value is -1.68. The molecule has 1 aliphatic heterocycles. The van der Waals surface area contributed by atoms with E-state index in [1.54, 1.807) is 0 Å². The number of rotatable bonds is 3. The van der Waals surface area contributed by atoms with Crippen LogP contribution in [0.5, 0.6) is 0 Å². The van der Waals surface area contributed by atoms with Crippen LogP contribution in [-0.4, -0.2) is 18.9 Å². The fourth-order valence-corrected chi connectivity index (χ4v) is 3.04. The van der Waals surface area contributed by atoms with Crippen LogP contribution in [0.25, 0.3) is 0 Å².